The summed E-state index contributed by atoms with van der Waals surface area (Å²) >= 11 is 1.30. The molecular weight excluding hydrogens is 398 g/mol. The average molecular weight is 426 g/mol. The number of fused-ring (bicyclic) bond motifs is 1. The molecule has 3 heterocycles. The lowest BCUT2D eigenvalue weighted by Crippen LogP contribution is -2.46. The first-order valence-electron chi connectivity index (χ1n) is 10.3. The number of piperidine rings is 1. The van der Waals surface area contributed by atoms with Crippen molar-refractivity contribution >= 4 is 27.5 Å². The molecule has 6 nitrogen and oxygen atoms in total. The molecule has 1 aromatic carbocycles. The third-order valence-corrected chi connectivity index (χ3v) is 6.63. The molecule has 3 aromatic rings. The third kappa shape index (κ3) is 3.74. The van der Waals surface area contributed by atoms with Crippen LogP contribution in [0.5, 0.6) is 0 Å². The van der Waals surface area contributed by atoms with E-state index in [4.69, 9.17) is 0 Å². The molecule has 1 aliphatic rings. The van der Waals surface area contributed by atoms with Crippen molar-refractivity contribution in [2.75, 3.05) is 13.1 Å². The summed E-state index contributed by atoms with van der Waals surface area (Å²) in [5.41, 5.74) is 2.21. The highest BCUT2D eigenvalue weighted by atomic mass is 32.1. The smallest absolute Gasteiger partial charge is 0.336 e. The zero-order valence-electron chi connectivity index (χ0n) is 17.8. The second-order valence-corrected chi connectivity index (χ2v) is 9.65. The molecule has 0 aliphatic carbocycles. The van der Waals surface area contributed by atoms with Gasteiger partial charge in [0.05, 0.1) is 11.2 Å². The summed E-state index contributed by atoms with van der Waals surface area (Å²) in [7, 11) is 0. The van der Waals surface area contributed by atoms with E-state index in [1.807, 2.05) is 36.9 Å². The second kappa shape index (κ2) is 7.87. The van der Waals surface area contributed by atoms with Gasteiger partial charge in [-0.1, -0.05) is 19.9 Å². The molecule has 1 fully saturated rings. The van der Waals surface area contributed by atoms with Crippen LogP contribution in [0.15, 0.2) is 39.2 Å². The Morgan fingerprint density at radius 3 is 2.33 bits per heavy atom. The molecule has 158 valence electrons. The molecule has 0 radical (unpaired) electrons. The van der Waals surface area contributed by atoms with E-state index in [-0.39, 0.29) is 18.0 Å². The predicted molar refractivity (Wildman–Crippen MR) is 121 cm³/mol. The van der Waals surface area contributed by atoms with E-state index in [9.17, 15) is 14.4 Å². The molecule has 2 atom stereocenters. The number of aryl methyl sites for hydroxylation is 2. The Morgan fingerprint density at radius 2 is 1.70 bits per heavy atom. The number of hydrogen-bond acceptors (Lipinski definition) is 4. The molecule has 0 N–H and O–H groups in total. The Labute approximate surface area is 179 Å². The number of rotatable bonds is 3. The molecule has 30 heavy (non-hydrogen) atoms. The minimum atomic E-state index is -0.470. The van der Waals surface area contributed by atoms with E-state index in [1.165, 1.54) is 20.5 Å². The fourth-order valence-corrected chi connectivity index (χ4v) is 5.47. The maximum Gasteiger partial charge on any atom is 0.336 e. The maximum atomic E-state index is 13.4. The van der Waals surface area contributed by atoms with E-state index in [1.54, 1.807) is 11.4 Å². The molecule has 2 aromatic heterocycles. The van der Waals surface area contributed by atoms with Crippen LogP contribution in [0.2, 0.25) is 0 Å². The molecule has 1 saturated heterocycles. The van der Waals surface area contributed by atoms with Gasteiger partial charge in [-0.25, -0.2) is 9.36 Å². The molecule has 1 amide bonds. The summed E-state index contributed by atoms with van der Waals surface area (Å²) in [5.74, 6) is 0.813. The van der Waals surface area contributed by atoms with E-state index in [0.717, 1.165) is 17.5 Å². The van der Waals surface area contributed by atoms with Crippen molar-refractivity contribution < 1.29 is 4.79 Å². The second-order valence-electron chi connectivity index (χ2n) is 8.73. The zero-order valence-corrected chi connectivity index (χ0v) is 18.7. The highest BCUT2D eigenvalue weighted by Crippen LogP contribution is 2.22. The molecule has 2 unspecified atom stereocenters. The number of carbonyl (C=O) groups is 1. The van der Waals surface area contributed by atoms with E-state index < -0.39 is 5.69 Å². The van der Waals surface area contributed by atoms with Gasteiger partial charge in [0.15, 0.2) is 0 Å². The normalized spacial score (nSPS) is 19.4. The summed E-state index contributed by atoms with van der Waals surface area (Å²) in [6, 6.07) is 7.41. The average Bonchev–Trinajstić information content (AvgIpc) is 3.13. The maximum absolute atomic E-state index is 13.4. The summed E-state index contributed by atoms with van der Waals surface area (Å²) in [4.78, 5) is 41.5. The summed E-state index contributed by atoms with van der Waals surface area (Å²) < 4.78 is 3.15. The number of benzene rings is 1. The van der Waals surface area contributed by atoms with Crippen LogP contribution >= 0.6 is 11.3 Å². The Hall–Kier alpha value is -2.67. The van der Waals surface area contributed by atoms with Crippen LogP contribution in [0.3, 0.4) is 0 Å². The topological polar surface area (TPSA) is 64.3 Å². The molecule has 4 rings (SSSR count). The van der Waals surface area contributed by atoms with Crippen molar-refractivity contribution in [2.24, 2.45) is 11.8 Å². The largest absolute Gasteiger partial charge is 0.341 e. The van der Waals surface area contributed by atoms with Crippen LogP contribution in [-0.4, -0.2) is 33.0 Å². The quantitative estimate of drug-likeness (QED) is 0.647. The summed E-state index contributed by atoms with van der Waals surface area (Å²) in [6.45, 7) is 9.54. The van der Waals surface area contributed by atoms with Crippen molar-refractivity contribution in [2.45, 2.75) is 40.7 Å². The first-order valence-corrected chi connectivity index (χ1v) is 11.2. The molecule has 0 bridgehead atoms. The first-order chi connectivity index (χ1) is 14.2. The lowest BCUT2D eigenvalue weighted by molar-refractivity contribution is -0.134. The van der Waals surface area contributed by atoms with Gasteiger partial charge in [0.2, 0.25) is 5.91 Å². The van der Waals surface area contributed by atoms with Crippen molar-refractivity contribution in [3.8, 4) is 5.69 Å². The number of thiophene rings is 1. The molecule has 7 heteroatoms. The van der Waals surface area contributed by atoms with E-state index in [0.29, 0.717) is 40.8 Å². The van der Waals surface area contributed by atoms with Crippen LogP contribution in [0.1, 0.15) is 31.4 Å². The Bertz CT molecular complexity index is 1210. The van der Waals surface area contributed by atoms with Gasteiger partial charge in [0, 0.05) is 13.1 Å². The Morgan fingerprint density at radius 1 is 1.07 bits per heavy atom. The van der Waals surface area contributed by atoms with Crippen LogP contribution in [0, 0.1) is 25.7 Å². The molecule has 0 saturated carbocycles. The van der Waals surface area contributed by atoms with Gasteiger partial charge in [-0.2, -0.15) is 0 Å². The van der Waals surface area contributed by atoms with Gasteiger partial charge >= 0.3 is 5.69 Å². The van der Waals surface area contributed by atoms with Gasteiger partial charge < -0.3 is 4.90 Å². The lowest BCUT2D eigenvalue weighted by atomic mass is 9.92. The van der Waals surface area contributed by atoms with Crippen LogP contribution in [0.4, 0.5) is 0 Å². The number of nitrogens with zero attached hydrogens (tertiary/aromatic N) is 3. The van der Waals surface area contributed by atoms with Crippen molar-refractivity contribution in [3.63, 3.8) is 0 Å². The summed E-state index contributed by atoms with van der Waals surface area (Å²) in [6.07, 6.45) is 1.11. The molecule has 0 spiro atoms. The van der Waals surface area contributed by atoms with Gasteiger partial charge in [-0.3, -0.25) is 14.2 Å². The van der Waals surface area contributed by atoms with Crippen molar-refractivity contribution in [3.05, 3.63) is 61.6 Å². The number of carbonyl (C=O) groups excluding carboxylic acids is 1. The standard InChI is InChI=1S/C23H27N3O3S/c1-14-7-15(2)10-18(9-14)26-22(28)21-19(5-6-30-21)25(23(26)29)13-20(27)24-11-16(3)8-17(4)12-24/h5-7,9-10,16-17H,8,11-13H2,1-4H3. The van der Waals surface area contributed by atoms with Gasteiger partial charge in [0.25, 0.3) is 5.56 Å². The lowest BCUT2D eigenvalue weighted by Gasteiger charge is -2.35. The Balaban J connectivity index is 1.82. The molecular formula is C23H27N3O3S. The minimum absolute atomic E-state index is 0.0589. The Kier molecular flexibility index (Phi) is 5.40. The van der Waals surface area contributed by atoms with Gasteiger partial charge in [0.1, 0.15) is 11.2 Å². The monoisotopic (exact) mass is 425 g/mol. The third-order valence-electron chi connectivity index (χ3n) is 5.73. The van der Waals surface area contributed by atoms with Crippen molar-refractivity contribution in [1.29, 1.82) is 0 Å². The number of aromatic nitrogens is 2. The number of amides is 1. The summed E-state index contributed by atoms with van der Waals surface area (Å²) in [5, 5.41) is 1.79. The SMILES string of the molecule is Cc1cc(C)cc(-n2c(=O)c3sccc3n(CC(=O)N3CC(C)CC(C)C3)c2=O)c1. The number of hydrogen-bond donors (Lipinski definition) is 0. The highest BCUT2D eigenvalue weighted by molar-refractivity contribution is 7.17. The number of likely N-dealkylation sites (tertiary alicyclic amines) is 1. The first kappa shape index (κ1) is 20.6. The van der Waals surface area contributed by atoms with Crippen molar-refractivity contribution in [1.82, 2.24) is 14.0 Å². The van der Waals surface area contributed by atoms with Gasteiger partial charge in [-0.05, 0) is 66.8 Å². The van der Waals surface area contributed by atoms with Crippen LogP contribution < -0.4 is 11.2 Å². The minimum Gasteiger partial charge on any atom is -0.341 e. The van der Waals surface area contributed by atoms with E-state index >= 15 is 0 Å². The highest BCUT2D eigenvalue weighted by Gasteiger charge is 2.26. The predicted octanol–water partition coefficient (Wildman–Crippen LogP) is 3.34. The molecule has 1 aliphatic heterocycles. The van der Waals surface area contributed by atoms with Gasteiger partial charge in [-0.15, -0.1) is 11.3 Å². The van der Waals surface area contributed by atoms with Crippen LogP contribution in [0.25, 0.3) is 15.9 Å². The zero-order chi connectivity index (χ0) is 21.6. The fourth-order valence-electron chi connectivity index (χ4n) is 4.65. The fraction of sp³-hybridized carbons (Fsp3) is 0.435. The van der Waals surface area contributed by atoms with Crippen LogP contribution in [-0.2, 0) is 11.3 Å². The van der Waals surface area contributed by atoms with E-state index in [2.05, 4.69) is 13.8 Å².